The van der Waals surface area contributed by atoms with Crippen LogP contribution in [0.25, 0.3) is 0 Å². The third-order valence-corrected chi connectivity index (χ3v) is 5.10. The maximum Gasteiger partial charge on any atom is 0.191 e. The standard InChI is InChI=1S/C12H23N3S/c1-16-12(6-7-12)10-14-11(13)15-8-4-2-3-5-9-15/h2-10H2,1H3,(H2,13,14). The molecule has 16 heavy (non-hydrogen) atoms. The van der Waals surface area contributed by atoms with Crippen molar-refractivity contribution in [3.05, 3.63) is 0 Å². The van der Waals surface area contributed by atoms with Crippen molar-refractivity contribution in [1.82, 2.24) is 4.90 Å². The molecular formula is C12H23N3S. The highest BCUT2D eigenvalue weighted by atomic mass is 32.2. The van der Waals surface area contributed by atoms with Crippen LogP contribution in [-0.2, 0) is 0 Å². The van der Waals surface area contributed by atoms with Gasteiger partial charge in [0, 0.05) is 17.8 Å². The summed E-state index contributed by atoms with van der Waals surface area (Å²) in [6.07, 6.45) is 10.0. The van der Waals surface area contributed by atoms with Gasteiger partial charge in [0.05, 0.1) is 6.54 Å². The average molecular weight is 241 g/mol. The molecule has 2 aliphatic rings. The van der Waals surface area contributed by atoms with Gasteiger partial charge in [-0.3, -0.25) is 4.99 Å². The lowest BCUT2D eigenvalue weighted by atomic mass is 10.2. The van der Waals surface area contributed by atoms with Crippen LogP contribution in [0.4, 0.5) is 0 Å². The Morgan fingerprint density at radius 2 is 1.88 bits per heavy atom. The Balaban J connectivity index is 1.84. The summed E-state index contributed by atoms with van der Waals surface area (Å²) in [7, 11) is 0. The third-order valence-electron chi connectivity index (χ3n) is 3.70. The molecule has 4 heteroatoms. The van der Waals surface area contributed by atoms with Gasteiger partial charge in [-0.2, -0.15) is 11.8 Å². The minimum atomic E-state index is 0.441. The van der Waals surface area contributed by atoms with Crippen molar-refractivity contribution >= 4 is 17.7 Å². The quantitative estimate of drug-likeness (QED) is 0.607. The molecule has 0 aromatic heterocycles. The molecule has 1 saturated heterocycles. The molecular weight excluding hydrogens is 218 g/mol. The van der Waals surface area contributed by atoms with Crippen LogP contribution in [0.3, 0.4) is 0 Å². The molecule has 2 fully saturated rings. The molecule has 0 aromatic rings. The molecule has 0 aromatic carbocycles. The smallest absolute Gasteiger partial charge is 0.191 e. The fourth-order valence-electron chi connectivity index (χ4n) is 2.19. The fraction of sp³-hybridized carbons (Fsp3) is 0.917. The maximum atomic E-state index is 6.07. The van der Waals surface area contributed by atoms with Crippen molar-refractivity contribution < 1.29 is 0 Å². The first-order valence-electron chi connectivity index (χ1n) is 6.36. The van der Waals surface area contributed by atoms with E-state index in [0.717, 1.165) is 25.6 Å². The van der Waals surface area contributed by atoms with Crippen LogP contribution >= 0.6 is 11.8 Å². The monoisotopic (exact) mass is 241 g/mol. The van der Waals surface area contributed by atoms with Crippen LogP contribution in [0.2, 0.25) is 0 Å². The summed E-state index contributed by atoms with van der Waals surface area (Å²) < 4.78 is 0.441. The molecule has 0 atom stereocenters. The van der Waals surface area contributed by atoms with Gasteiger partial charge in [0.1, 0.15) is 0 Å². The minimum absolute atomic E-state index is 0.441. The van der Waals surface area contributed by atoms with Crippen LogP contribution in [0.1, 0.15) is 38.5 Å². The van der Waals surface area contributed by atoms with Gasteiger partial charge in [-0.05, 0) is 31.9 Å². The summed E-state index contributed by atoms with van der Waals surface area (Å²) in [5.74, 6) is 0.780. The molecule has 0 radical (unpaired) electrons. The molecule has 0 unspecified atom stereocenters. The van der Waals surface area contributed by atoms with E-state index in [-0.39, 0.29) is 0 Å². The zero-order chi connectivity index (χ0) is 11.4. The van der Waals surface area contributed by atoms with Crippen molar-refractivity contribution in [2.24, 2.45) is 10.7 Å². The van der Waals surface area contributed by atoms with E-state index in [1.807, 2.05) is 11.8 Å². The lowest BCUT2D eigenvalue weighted by Crippen LogP contribution is -2.38. The summed E-state index contributed by atoms with van der Waals surface area (Å²) in [5, 5.41) is 0. The highest BCUT2D eigenvalue weighted by molar-refractivity contribution is 8.00. The summed E-state index contributed by atoms with van der Waals surface area (Å²) in [6.45, 7) is 3.11. The molecule has 1 aliphatic carbocycles. The predicted molar refractivity (Wildman–Crippen MR) is 72.0 cm³/mol. The lowest BCUT2D eigenvalue weighted by molar-refractivity contribution is 0.428. The third kappa shape index (κ3) is 3.06. The van der Waals surface area contributed by atoms with Gasteiger partial charge < -0.3 is 10.6 Å². The fourth-order valence-corrected chi connectivity index (χ4v) is 2.90. The number of hydrogen-bond donors (Lipinski definition) is 1. The molecule has 1 heterocycles. The van der Waals surface area contributed by atoms with E-state index in [2.05, 4.69) is 16.1 Å². The number of aliphatic imine (C=N–C) groups is 1. The Labute approximate surface area is 103 Å². The number of thioether (sulfide) groups is 1. The van der Waals surface area contributed by atoms with Crippen LogP contribution in [0.15, 0.2) is 4.99 Å². The molecule has 0 amide bonds. The molecule has 0 spiro atoms. The molecule has 2 rings (SSSR count). The van der Waals surface area contributed by atoms with Crippen molar-refractivity contribution in [3.63, 3.8) is 0 Å². The zero-order valence-corrected chi connectivity index (χ0v) is 11.1. The van der Waals surface area contributed by atoms with Crippen LogP contribution in [0.5, 0.6) is 0 Å². The van der Waals surface area contributed by atoms with E-state index in [1.54, 1.807) is 0 Å². The van der Waals surface area contributed by atoms with Crippen molar-refractivity contribution in [2.45, 2.75) is 43.3 Å². The summed E-state index contributed by atoms with van der Waals surface area (Å²) in [4.78, 5) is 6.86. The van der Waals surface area contributed by atoms with Crippen molar-refractivity contribution in [2.75, 3.05) is 25.9 Å². The van der Waals surface area contributed by atoms with Crippen LogP contribution in [-0.4, -0.2) is 41.5 Å². The lowest BCUT2D eigenvalue weighted by Gasteiger charge is -2.21. The second kappa shape index (κ2) is 5.30. The molecule has 1 aliphatic heterocycles. The largest absolute Gasteiger partial charge is 0.370 e. The summed E-state index contributed by atoms with van der Waals surface area (Å²) in [5.41, 5.74) is 6.07. The number of hydrogen-bond acceptors (Lipinski definition) is 2. The van der Waals surface area contributed by atoms with E-state index in [9.17, 15) is 0 Å². The Hall–Kier alpha value is -0.380. The number of likely N-dealkylation sites (tertiary alicyclic amines) is 1. The normalized spacial score (nSPS) is 25.3. The number of guanidine groups is 1. The minimum Gasteiger partial charge on any atom is -0.370 e. The second-order valence-corrected chi connectivity index (χ2v) is 6.24. The Bertz CT molecular complexity index is 253. The Kier molecular flexibility index (Phi) is 4.00. The highest BCUT2D eigenvalue weighted by Gasteiger charge is 2.41. The SMILES string of the molecule is CSC1(CN=C(N)N2CCCCCC2)CC1. The maximum absolute atomic E-state index is 6.07. The first-order chi connectivity index (χ1) is 7.76. The highest BCUT2D eigenvalue weighted by Crippen LogP contribution is 2.47. The van der Waals surface area contributed by atoms with Gasteiger partial charge >= 0.3 is 0 Å². The Morgan fingerprint density at radius 3 is 2.38 bits per heavy atom. The summed E-state index contributed by atoms with van der Waals surface area (Å²) >= 11 is 1.95. The van der Waals surface area contributed by atoms with Gasteiger partial charge in [-0.1, -0.05) is 12.8 Å². The first kappa shape index (κ1) is 12.1. The predicted octanol–water partition coefficient (Wildman–Crippen LogP) is 2.07. The van der Waals surface area contributed by atoms with E-state index >= 15 is 0 Å². The van der Waals surface area contributed by atoms with Gasteiger partial charge in [0.25, 0.3) is 0 Å². The molecule has 3 nitrogen and oxygen atoms in total. The van der Waals surface area contributed by atoms with Crippen molar-refractivity contribution in [1.29, 1.82) is 0 Å². The van der Waals surface area contributed by atoms with Crippen LogP contribution in [0, 0.1) is 0 Å². The first-order valence-corrected chi connectivity index (χ1v) is 7.58. The van der Waals surface area contributed by atoms with Gasteiger partial charge in [-0.15, -0.1) is 0 Å². The zero-order valence-electron chi connectivity index (χ0n) is 10.2. The molecule has 2 N–H and O–H groups in total. The van der Waals surface area contributed by atoms with Gasteiger partial charge in [0.15, 0.2) is 5.96 Å². The van der Waals surface area contributed by atoms with E-state index in [1.165, 1.54) is 38.5 Å². The second-order valence-electron chi connectivity index (χ2n) is 4.96. The van der Waals surface area contributed by atoms with Gasteiger partial charge in [-0.25, -0.2) is 0 Å². The van der Waals surface area contributed by atoms with Crippen molar-refractivity contribution in [3.8, 4) is 0 Å². The number of nitrogens with zero attached hydrogens (tertiary/aromatic N) is 2. The number of rotatable bonds is 3. The average Bonchev–Trinajstić information content (AvgIpc) is 3.11. The molecule has 0 bridgehead atoms. The molecule has 92 valence electrons. The topological polar surface area (TPSA) is 41.6 Å². The van der Waals surface area contributed by atoms with Crippen LogP contribution < -0.4 is 5.73 Å². The van der Waals surface area contributed by atoms with E-state index in [4.69, 9.17) is 5.73 Å². The molecule has 1 saturated carbocycles. The number of nitrogens with two attached hydrogens (primary N) is 1. The van der Waals surface area contributed by atoms with E-state index in [0.29, 0.717) is 4.75 Å². The Morgan fingerprint density at radius 1 is 1.25 bits per heavy atom. The van der Waals surface area contributed by atoms with Gasteiger partial charge in [0.2, 0.25) is 0 Å². The summed E-state index contributed by atoms with van der Waals surface area (Å²) in [6, 6.07) is 0. The van der Waals surface area contributed by atoms with E-state index < -0.39 is 0 Å².